The van der Waals surface area contributed by atoms with Gasteiger partial charge >= 0.3 is 0 Å². The molecule has 0 heterocycles. The van der Waals surface area contributed by atoms with Crippen LogP contribution < -0.4 is 10.2 Å². The number of carboxylic acids is 2. The van der Waals surface area contributed by atoms with Gasteiger partial charge in [-0.2, -0.15) is 0 Å². The van der Waals surface area contributed by atoms with Crippen LogP contribution in [0.3, 0.4) is 0 Å². The number of carbonyl (C=O) groups excluding carboxylic acids is 2. The minimum absolute atomic E-state index is 0. The van der Waals surface area contributed by atoms with Crippen molar-refractivity contribution in [1.82, 2.24) is 0 Å². The predicted octanol–water partition coefficient (Wildman–Crippen LogP) is -2.06. The average Bonchev–Trinajstić information content (AvgIpc) is 2.16. The third-order valence-corrected chi connectivity index (χ3v) is 1.60. The predicted molar refractivity (Wildman–Crippen MR) is 47.5 cm³/mol. The van der Waals surface area contributed by atoms with Crippen molar-refractivity contribution in [3.63, 3.8) is 0 Å². The molecule has 1 rings (SSSR count). The van der Waals surface area contributed by atoms with E-state index in [1.807, 2.05) is 0 Å². The third kappa shape index (κ3) is 3.26. The Hall–Kier alpha value is -1.52. The van der Waals surface area contributed by atoms with Crippen LogP contribution in [0.15, 0.2) is 18.2 Å². The molecule has 82 valence electrons. The van der Waals surface area contributed by atoms with Gasteiger partial charge < -0.3 is 19.8 Å². The fourth-order valence-corrected chi connectivity index (χ4v) is 0.952. The summed E-state index contributed by atoms with van der Waals surface area (Å²) >= 11 is 0. The van der Waals surface area contributed by atoms with E-state index in [2.05, 4.69) is 0 Å². The Kier molecular flexibility index (Phi) is 5.01. The fourth-order valence-electron chi connectivity index (χ4n) is 0.952. The van der Waals surface area contributed by atoms with E-state index < -0.39 is 33.7 Å². The smallest absolute Gasteiger partial charge is 0.270 e. The molecule has 0 bridgehead atoms. The molecule has 1 aromatic carbocycles. The number of nitrogens with zero attached hydrogens (tertiary/aromatic N) is 1. The summed E-state index contributed by atoms with van der Waals surface area (Å²) < 4.78 is 0. The maximum absolute atomic E-state index is 10.4. The van der Waals surface area contributed by atoms with E-state index in [1.54, 1.807) is 0 Å². The zero-order valence-electron chi connectivity index (χ0n) is 7.63. The molecule has 0 amide bonds. The number of rotatable bonds is 3. The van der Waals surface area contributed by atoms with Crippen LogP contribution in [0.1, 0.15) is 20.7 Å². The quantitative estimate of drug-likeness (QED) is 0.317. The van der Waals surface area contributed by atoms with E-state index in [1.165, 1.54) is 0 Å². The molecule has 0 fully saturated rings. The van der Waals surface area contributed by atoms with Crippen LogP contribution in [0.4, 0.5) is 5.69 Å². The van der Waals surface area contributed by atoms with Crippen molar-refractivity contribution in [2.75, 3.05) is 0 Å². The summed E-state index contributed by atoms with van der Waals surface area (Å²) in [4.78, 5) is 30.2. The molecule has 16 heavy (non-hydrogen) atoms. The van der Waals surface area contributed by atoms with Gasteiger partial charge in [0.2, 0.25) is 0 Å². The molecular formula is C8H3NO6Pb-2. The van der Waals surface area contributed by atoms with Crippen LogP contribution in [-0.4, -0.2) is 44.2 Å². The van der Waals surface area contributed by atoms with Crippen LogP contribution in [0, 0.1) is 10.1 Å². The van der Waals surface area contributed by atoms with Crippen molar-refractivity contribution in [2.45, 2.75) is 0 Å². The summed E-state index contributed by atoms with van der Waals surface area (Å²) in [7, 11) is 0. The van der Waals surface area contributed by atoms with Gasteiger partial charge in [0.1, 0.15) is 0 Å². The fraction of sp³-hybridized carbons (Fsp3) is 0. The van der Waals surface area contributed by atoms with E-state index in [0.717, 1.165) is 6.07 Å². The second-order valence-electron chi connectivity index (χ2n) is 2.60. The Morgan fingerprint density at radius 3 is 1.62 bits per heavy atom. The van der Waals surface area contributed by atoms with Gasteiger partial charge in [-0.05, 0) is 6.07 Å². The Morgan fingerprint density at radius 2 is 1.38 bits per heavy atom. The monoisotopic (exact) mass is 417 g/mol. The van der Waals surface area contributed by atoms with Gasteiger partial charge in [0, 0.05) is 50.6 Å². The summed E-state index contributed by atoms with van der Waals surface area (Å²) in [6.07, 6.45) is 0. The first-order valence-electron chi connectivity index (χ1n) is 3.64. The Morgan fingerprint density at radius 1 is 1.00 bits per heavy atom. The van der Waals surface area contributed by atoms with Crippen molar-refractivity contribution >= 4 is 44.9 Å². The van der Waals surface area contributed by atoms with E-state index in [4.69, 9.17) is 0 Å². The summed E-state index contributed by atoms with van der Waals surface area (Å²) in [5.41, 5.74) is -1.80. The number of benzene rings is 1. The van der Waals surface area contributed by atoms with Gasteiger partial charge in [-0.1, -0.05) is 0 Å². The summed E-state index contributed by atoms with van der Waals surface area (Å²) in [6.45, 7) is 0. The number of hydrogen-bond acceptors (Lipinski definition) is 6. The molecule has 0 spiro atoms. The SMILES string of the molecule is O=C([O-])c1cc(C(=O)[O-])cc([N+](=O)[O-])c1.[Pb]. The molecule has 1 aromatic rings. The van der Waals surface area contributed by atoms with Crippen LogP contribution >= 0.6 is 0 Å². The van der Waals surface area contributed by atoms with E-state index >= 15 is 0 Å². The number of aromatic carboxylic acids is 2. The van der Waals surface area contributed by atoms with E-state index in [0.29, 0.717) is 12.1 Å². The maximum atomic E-state index is 10.4. The third-order valence-electron chi connectivity index (χ3n) is 1.60. The summed E-state index contributed by atoms with van der Waals surface area (Å²) in [6, 6.07) is 2.15. The van der Waals surface area contributed by atoms with Crippen molar-refractivity contribution in [1.29, 1.82) is 0 Å². The molecular weight excluding hydrogens is 413 g/mol. The minimum atomic E-state index is -1.69. The van der Waals surface area contributed by atoms with Crippen molar-refractivity contribution in [3.8, 4) is 0 Å². The zero-order valence-corrected chi connectivity index (χ0v) is 11.5. The molecule has 0 saturated heterocycles. The second kappa shape index (κ2) is 5.53. The van der Waals surface area contributed by atoms with Gasteiger partial charge in [-0.25, -0.2) is 0 Å². The van der Waals surface area contributed by atoms with E-state index in [-0.39, 0.29) is 27.3 Å². The first-order chi connectivity index (χ1) is 6.91. The number of non-ortho nitro benzene ring substituents is 1. The van der Waals surface area contributed by atoms with Gasteiger partial charge in [0.05, 0.1) is 16.9 Å². The van der Waals surface area contributed by atoms with Crippen LogP contribution in [0.25, 0.3) is 0 Å². The van der Waals surface area contributed by atoms with Gasteiger partial charge in [-0.15, -0.1) is 0 Å². The molecule has 4 radical (unpaired) electrons. The van der Waals surface area contributed by atoms with Crippen LogP contribution in [-0.2, 0) is 0 Å². The molecule has 7 nitrogen and oxygen atoms in total. The Bertz CT molecular complexity index is 379. The van der Waals surface area contributed by atoms with Gasteiger partial charge in [0.25, 0.3) is 5.69 Å². The number of carbonyl (C=O) groups is 2. The topological polar surface area (TPSA) is 123 Å². The first-order valence-corrected chi connectivity index (χ1v) is 3.64. The molecule has 0 saturated carbocycles. The largest absolute Gasteiger partial charge is 0.545 e. The van der Waals surface area contributed by atoms with Gasteiger partial charge in [0.15, 0.2) is 0 Å². The molecule has 0 aliphatic rings. The molecule has 0 N–H and O–H groups in total. The zero-order chi connectivity index (χ0) is 11.6. The summed E-state index contributed by atoms with van der Waals surface area (Å²) in [5.74, 6) is -3.39. The molecule has 0 aliphatic carbocycles. The maximum Gasteiger partial charge on any atom is 0.270 e. The van der Waals surface area contributed by atoms with Crippen LogP contribution in [0.2, 0.25) is 0 Å². The molecule has 8 heteroatoms. The second-order valence-corrected chi connectivity index (χ2v) is 2.60. The van der Waals surface area contributed by atoms with Crippen molar-refractivity contribution in [2.24, 2.45) is 0 Å². The number of nitro groups is 1. The molecule has 0 unspecified atom stereocenters. The van der Waals surface area contributed by atoms with Gasteiger partial charge in [-0.3, -0.25) is 10.1 Å². The normalized spacial score (nSPS) is 9.00. The number of carboxylic acid groups (broad SMARTS) is 2. The first kappa shape index (κ1) is 14.5. The molecule has 0 aromatic heterocycles. The molecule has 0 aliphatic heterocycles. The number of nitro benzene ring substituents is 1. The van der Waals surface area contributed by atoms with Crippen LogP contribution in [0.5, 0.6) is 0 Å². The van der Waals surface area contributed by atoms with Crippen molar-refractivity contribution in [3.05, 3.63) is 39.4 Å². The average molecular weight is 416 g/mol. The Balaban J connectivity index is 0.00000225. The standard InChI is InChI=1S/C8H5NO6.Pb/c10-7(11)4-1-5(8(12)13)3-6(2-4)9(14)15;/h1-3H,(H,10,11)(H,12,13);/p-2. The molecule has 0 atom stereocenters. The number of hydrogen-bond donors (Lipinski definition) is 0. The minimum Gasteiger partial charge on any atom is -0.545 e. The summed E-state index contributed by atoms with van der Waals surface area (Å²) in [5, 5.41) is 31.1. The van der Waals surface area contributed by atoms with Crippen molar-refractivity contribution < 1.29 is 24.7 Å². The Labute approximate surface area is 109 Å². The van der Waals surface area contributed by atoms with E-state index in [9.17, 15) is 29.9 Å².